The summed E-state index contributed by atoms with van der Waals surface area (Å²) >= 11 is 1.42. The zero-order valence-electron chi connectivity index (χ0n) is 8.19. The van der Waals surface area contributed by atoms with E-state index < -0.39 is 5.83 Å². The molecule has 0 amide bonds. The van der Waals surface area contributed by atoms with Crippen LogP contribution in [-0.4, -0.2) is 15.1 Å². The van der Waals surface area contributed by atoms with Crippen LogP contribution in [0.25, 0.3) is 17.3 Å². The van der Waals surface area contributed by atoms with Gasteiger partial charge in [-0.15, -0.1) is 11.3 Å². The van der Waals surface area contributed by atoms with Crippen molar-refractivity contribution in [1.29, 1.82) is 0 Å². The van der Waals surface area contributed by atoms with Crippen LogP contribution in [0.15, 0.2) is 21.0 Å². The fraction of sp³-hybridized carbons (Fsp3) is 0.222. The van der Waals surface area contributed by atoms with Crippen molar-refractivity contribution >= 4 is 17.2 Å². The average Bonchev–Trinajstić information content (AvgIpc) is 2.86. The van der Waals surface area contributed by atoms with Crippen molar-refractivity contribution in [1.82, 2.24) is 15.1 Å². The molecule has 0 aliphatic carbocycles. The molecule has 2 heterocycles. The minimum atomic E-state index is -0.482. The van der Waals surface area contributed by atoms with Gasteiger partial charge in [-0.1, -0.05) is 5.16 Å². The Morgan fingerprint density at radius 1 is 1.47 bits per heavy atom. The number of rotatable bonds is 2. The van der Waals surface area contributed by atoms with E-state index in [9.17, 15) is 4.39 Å². The van der Waals surface area contributed by atoms with Gasteiger partial charge in [0.1, 0.15) is 5.69 Å². The lowest BCUT2D eigenvalue weighted by Crippen LogP contribution is -1.82. The molecule has 78 valence electrons. The second-order valence-electron chi connectivity index (χ2n) is 3.11. The van der Waals surface area contributed by atoms with Gasteiger partial charge in [0.25, 0.3) is 5.89 Å². The van der Waals surface area contributed by atoms with E-state index in [4.69, 9.17) is 4.52 Å². The highest BCUT2D eigenvalue weighted by Gasteiger charge is 2.14. The van der Waals surface area contributed by atoms with Gasteiger partial charge in [-0.25, -0.2) is 9.37 Å². The molecule has 0 saturated heterocycles. The van der Waals surface area contributed by atoms with E-state index >= 15 is 0 Å². The summed E-state index contributed by atoms with van der Waals surface area (Å²) in [6, 6.07) is 0. The van der Waals surface area contributed by atoms with Crippen LogP contribution >= 0.6 is 11.3 Å². The van der Waals surface area contributed by atoms with Gasteiger partial charge in [0.15, 0.2) is 5.83 Å². The molecule has 2 aromatic rings. The first-order valence-corrected chi connectivity index (χ1v) is 5.18. The van der Waals surface area contributed by atoms with Crippen LogP contribution < -0.4 is 0 Å². The largest absolute Gasteiger partial charge is 0.331 e. The Morgan fingerprint density at radius 2 is 2.27 bits per heavy atom. The highest BCUT2D eigenvalue weighted by Crippen LogP contribution is 2.21. The van der Waals surface area contributed by atoms with E-state index in [0.29, 0.717) is 17.1 Å². The van der Waals surface area contributed by atoms with E-state index in [0.717, 1.165) is 0 Å². The third-order valence-corrected chi connectivity index (χ3v) is 2.30. The number of thiazole rings is 1. The Morgan fingerprint density at radius 3 is 2.87 bits per heavy atom. The highest BCUT2D eigenvalue weighted by atomic mass is 32.1. The van der Waals surface area contributed by atoms with Crippen molar-refractivity contribution in [2.24, 2.45) is 0 Å². The number of allylic oxidation sites excluding steroid dienone is 1. The SMILES string of the molecule is CC(C)=C(F)c1nc(-c2cscn2)no1. The van der Waals surface area contributed by atoms with Gasteiger partial charge in [-0.05, 0) is 19.4 Å². The first-order chi connectivity index (χ1) is 7.18. The fourth-order valence-corrected chi connectivity index (χ4v) is 1.48. The lowest BCUT2D eigenvalue weighted by molar-refractivity contribution is 0.397. The summed E-state index contributed by atoms with van der Waals surface area (Å²) in [5.41, 5.74) is 2.75. The summed E-state index contributed by atoms with van der Waals surface area (Å²) in [6.45, 7) is 3.28. The standard InChI is InChI=1S/C9H8FN3OS/c1-5(2)7(10)9-12-8(13-14-9)6-3-15-4-11-6/h3-4H,1-2H3. The van der Waals surface area contributed by atoms with E-state index in [1.807, 2.05) is 0 Å². The number of hydrogen-bond acceptors (Lipinski definition) is 5. The van der Waals surface area contributed by atoms with Crippen LogP contribution in [0.1, 0.15) is 19.7 Å². The molecule has 6 heteroatoms. The van der Waals surface area contributed by atoms with Crippen LogP contribution in [0.5, 0.6) is 0 Å². The minimum absolute atomic E-state index is 0.0991. The topological polar surface area (TPSA) is 51.8 Å². The number of aromatic nitrogens is 3. The molecule has 0 saturated carbocycles. The van der Waals surface area contributed by atoms with E-state index in [-0.39, 0.29) is 5.89 Å². The van der Waals surface area contributed by atoms with Gasteiger partial charge in [0.2, 0.25) is 5.82 Å². The average molecular weight is 225 g/mol. The summed E-state index contributed by atoms with van der Waals surface area (Å²) in [5, 5.41) is 5.42. The Bertz CT molecular complexity index is 485. The van der Waals surface area contributed by atoms with Crippen LogP contribution in [0.4, 0.5) is 4.39 Å². The molecule has 0 bridgehead atoms. The zero-order valence-corrected chi connectivity index (χ0v) is 9.01. The van der Waals surface area contributed by atoms with Crippen LogP contribution in [-0.2, 0) is 0 Å². The molecule has 0 fully saturated rings. The molecule has 0 spiro atoms. The summed E-state index contributed by atoms with van der Waals surface area (Å²) < 4.78 is 18.2. The molecule has 0 radical (unpaired) electrons. The maximum Gasteiger partial charge on any atom is 0.286 e. The molecule has 2 rings (SSSR count). The van der Waals surface area contributed by atoms with Gasteiger partial charge in [-0.2, -0.15) is 4.98 Å². The number of nitrogens with zero attached hydrogens (tertiary/aromatic N) is 3. The van der Waals surface area contributed by atoms with Gasteiger partial charge >= 0.3 is 0 Å². The Hall–Kier alpha value is -1.56. The fourth-order valence-electron chi connectivity index (χ4n) is 0.953. The Kier molecular flexibility index (Phi) is 2.59. The molecule has 0 aliphatic rings. The van der Waals surface area contributed by atoms with Gasteiger partial charge in [0, 0.05) is 5.38 Å². The lowest BCUT2D eigenvalue weighted by Gasteiger charge is -1.89. The maximum absolute atomic E-state index is 13.4. The second-order valence-corrected chi connectivity index (χ2v) is 3.83. The van der Waals surface area contributed by atoms with Crippen molar-refractivity contribution in [3.05, 3.63) is 22.4 Å². The third kappa shape index (κ3) is 1.94. The molecular weight excluding hydrogens is 217 g/mol. The summed E-state index contributed by atoms with van der Waals surface area (Å²) in [6.07, 6.45) is 0. The smallest absolute Gasteiger partial charge is 0.286 e. The van der Waals surface area contributed by atoms with Gasteiger partial charge < -0.3 is 4.52 Å². The van der Waals surface area contributed by atoms with Crippen LogP contribution in [0.2, 0.25) is 0 Å². The summed E-state index contributed by atoms with van der Waals surface area (Å²) in [7, 11) is 0. The predicted octanol–water partition coefficient (Wildman–Crippen LogP) is 2.91. The monoisotopic (exact) mass is 225 g/mol. The van der Waals surface area contributed by atoms with Crippen molar-refractivity contribution in [3.63, 3.8) is 0 Å². The lowest BCUT2D eigenvalue weighted by atomic mass is 10.3. The minimum Gasteiger partial charge on any atom is -0.331 e. The number of hydrogen-bond donors (Lipinski definition) is 0. The van der Waals surface area contributed by atoms with E-state index in [1.165, 1.54) is 11.3 Å². The Balaban J connectivity index is 2.37. The molecule has 0 unspecified atom stereocenters. The maximum atomic E-state index is 13.4. The first-order valence-electron chi connectivity index (χ1n) is 4.24. The molecule has 15 heavy (non-hydrogen) atoms. The van der Waals surface area contributed by atoms with Crippen LogP contribution in [0, 0.1) is 0 Å². The molecular formula is C9H8FN3OS. The van der Waals surface area contributed by atoms with Crippen molar-refractivity contribution in [3.8, 4) is 11.5 Å². The molecule has 0 aromatic carbocycles. The van der Waals surface area contributed by atoms with Crippen molar-refractivity contribution < 1.29 is 8.91 Å². The van der Waals surface area contributed by atoms with E-state index in [2.05, 4.69) is 15.1 Å². The first kappa shape index (κ1) is 9.97. The molecule has 0 N–H and O–H groups in total. The second kappa shape index (κ2) is 3.90. The molecule has 0 atom stereocenters. The molecule has 2 aromatic heterocycles. The number of halogens is 1. The zero-order chi connectivity index (χ0) is 10.8. The van der Waals surface area contributed by atoms with Crippen LogP contribution in [0.3, 0.4) is 0 Å². The Labute approximate surface area is 89.5 Å². The quantitative estimate of drug-likeness (QED) is 0.788. The van der Waals surface area contributed by atoms with Crippen molar-refractivity contribution in [2.75, 3.05) is 0 Å². The third-order valence-electron chi connectivity index (χ3n) is 1.71. The normalized spacial score (nSPS) is 10.3. The van der Waals surface area contributed by atoms with E-state index in [1.54, 1.807) is 24.7 Å². The molecule has 4 nitrogen and oxygen atoms in total. The summed E-state index contributed by atoms with van der Waals surface area (Å²) in [4.78, 5) is 7.91. The molecule has 0 aliphatic heterocycles. The van der Waals surface area contributed by atoms with Crippen molar-refractivity contribution in [2.45, 2.75) is 13.8 Å². The highest BCUT2D eigenvalue weighted by molar-refractivity contribution is 7.07. The summed E-state index contributed by atoms with van der Waals surface area (Å²) in [5.74, 6) is -0.273. The predicted molar refractivity (Wildman–Crippen MR) is 54.8 cm³/mol. The van der Waals surface area contributed by atoms with Gasteiger partial charge in [-0.3, -0.25) is 0 Å². The van der Waals surface area contributed by atoms with Gasteiger partial charge in [0.05, 0.1) is 5.51 Å².